The van der Waals surface area contributed by atoms with Gasteiger partial charge in [0.25, 0.3) is 5.91 Å². The van der Waals surface area contributed by atoms with Gasteiger partial charge in [0, 0.05) is 28.8 Å². The van der Waals surface area contributed by atoms with E-state index in [2.05, 4.69) is 21.2 Å². The lowest BCUT2D eigenvalue weighted by Gasteiger charge is -2.13. The van der Waals surface area contributed by atoms with Crippen molar-refractivity contribution in [1.82, 2.24) is 5.32 Å². The summed E-state index contributed by atoms with van der Waals surface area (Å²) in [6.45, 7) is -0.322. The quantitative estimate of drug-likeness (QED) is 0.594. The minimum absolute atomic E-state index is 0.0510. The fourth-order valence-corrected chi connectivity index (χ4v) is 1.88. The van der Waals surface area contributed by atoms with Crippen molar-refractivity contribution in [3.63, 3.8) is 0 Å². The van der Waals surface area contributed by atoms with Crippen LogP contribution in [0.3, 0.4) is 0 Å². The number of carbonyl (C=O) groups is 2. The minimum atomic E-state index is -1.19. The van der Waals surface area contributed by atoms with Crippen LogP contribution in [0, 0.1) is 0 Å². The number of nitrogens with one attached hydrogen (secondary N) is 1. The number of halogens is 1. The Labute approximate surface area is 112 Å². The molecule has 1 aromatic carbocycles. The lowest BCUT2D eigenvalue weighted by atomic mass is 10.1. The molecule has 1 aromatic rings. The standard InChI is InChI=1S/C11H13BrN2O4/c12-7-3-6(4-8(13)5-7)10(16)14-9(1-2-15)11(17)18/h3-5,9,15H,1-2,13H2,(H,14,16)(H,17,18)/t9-/m0/s1. The summed E-state index contributed by atoms with van der Waals surface area (Å²) in [7, 11) is 0. The topological polar surface area (TPSA) is 113 Å². The number of hydrogen-bond donors (Lipinski definition) is 4. The van der Waals surface area contributed by atoms with Gasteiger partial charge in [-0.1, -0.05) is 15.9 Å². The van der Waals surface area contributed by atoms with E-state index in [1.54, 1.807) is 6.07 Å². The maximum absolute atomic E-state index is 11.8. The molecule has 0 aromatic heterocycles. The molecule has 0 bridgehead atoms. The van der Waals surface area contributed by atoms with E-state index in [1.807, 2.05) is 0 Å². The summed E-state index contributed by atoms with van der Waals surface area (Å²) in [4.78, 5) is 22.6. The first-order valence-electron chi connectivity index (χ1n) is 5.14. The Morgan fingerprint density at radius 1 is 1.39 bits per heavy atom. The van der Waals surface area contributed by atoms with Gasteiger partial charge >= 0.3 is 5.97 Å². The molecule has 5 N–H and O–H groups in total. The molecule has 0 saturated heterocycles. The molecular weight excluding hydrogens is 304 g/mol. The summed E-state index contributed by atoms with van der Waals surface area (Å²) in [5.74, 6) is -1.75. The van der Waals surface area contributed by atoms with Crippen LogP contribution < -0.4 is 11.1 Å². The van der Waals surface area contributed by atoms with Crippen molar-refractivity contribution >= 4 is 33.5 Å². The Morgan fingerprint density at radius 2 is 2.06 bits per heavy atom. The number of carboxylic acids is 1. The molecule has 0 fully saturated rings. The number of hydrogen-bond acceptors (Lipinski definition) is 4. The van der Waals surface area contributed by atoms with Crippen molar-refractivity contribution in [2.24, 2.45) is 0 Å². The van der Waals surface area contributed by atoms with Crippen molar-refractivity contribution < 1.29 is 19.8 Å². The zero-order chi connectivity index (χ0) is 13.7. The molecule has 18 heavy (non-hydrogen) atoms. The molecule has 0 unspecified atom stereocenters. The predicted octanol–water partition coefficient (Wildman–Crippen LogP) is 0.597. The van der Waals surface area contributed by atoms with Crippen LogP contribution in [0.2, 0.25) is 0 Å². The van der Waals surface area contributed by atoms with Crippen molar-refractivity contribution in [2.75, 3.05) is 12.3 Å². The summed E-state index contributed by atoms with van der Waals surface area (Å²) < 4.78 is 0.627. The number of rotatable bonds is 5. The number of benzene rings is 1. The predicted molar refractivity (Wildman–Crippen MR) is 69.1 cm³/mol. The number of amides is 1. The zero-order valence-corrected chi connectivity index (χ0v) is 11.0. The fraction of sp³-hybridized carbons (Fsp3) is 0.273. The normalized spacial score (nSPS) is 11.9. The molecule has 0 radical (unpaired) electrons. The molecule has 0 saturated carbocycles. The van der Waals surface area contributed by atoms with Gasteiger partial charge in [-0.25, -0.2) is 4.79 Å². The highest BCUT2D eigenvalue weighted by Crippen LogP contribution is 2.17. The van der Waals surface area contributed by atoms with E-state index in [9.17, 15) is 9.59 Å². The second-order valence-electron chi connectivity index (χ2n) is 3.65. The van der Waals surface area contributed by atoms with Crippen LogP contribution in [0.4, 0.5) is 5.69 Å². The van der Waals surface area contributed by atoms with Crippen LogP contribution >= 0.6 is 15.9 Å². The molecule has 1 rings (SSSR count). The highest BCUT2D eigenvalue weighted by atomic mass is 79.9. The third-order valence-electron chi connectivity index (χ3n) is 2.20. The number of nitrogens with two attached hydrogens (primary N) is 1. The van der Waals surface area contributed by atoms with Gasteiger partial charge in [0.15, 0.2) is 0 Å². The highest BCUT2D eigenvalue weighted by molar-refractivity contribution is 9.10. The molecule has 0 aliphatic carbocycles. The smallest absolute Gasteiger partial charge is 0.326 e. The summed E-state index contributed by atoms with van der Waals surface area (Å²) in [5.41, 5.74) is 6.23. The Bertz CT molecular complexity index is 444. The summed E-state index contributed by atoms with van der Waals surface area (Å²) in [6.07, 6.45) is -0.0510. The van der Waals surface area contributed by atoms with Gasteiger partial charge in [0.2, 0.25) is 0 Å². The van der Waals surface area contributed by atoms with Gasteiger partial charge in [0.05, 0.1) is 0 Å². The Balaban J connectivity index is 2.83. The number of anilines is 1. The van der Waals surface area contributed by atoms with Crippen molar-refractivity contribution in [2.45, 2.75) is 12.5 Å². The lowest BCUT2D eigenvalue weighted by molar-refractivity contribution is -0.139. The summed E-state index contributed by atoms with van der Waals surface area (Å²) in [5, 5.41) is 19.9. The molecule has 7 heteroatoms. The number of aliphatic hydroxyl groups is 1. The minimum Gasteiger partial charge on any atom is -0.480 e. The molecule has 0 spiro atoms. The maximum atomic E-state index is 11.8. The maximum Gasteiger partial charge on any atom is 0.326 e. The van der Waals surface area contributed by atoms with Crippen LogP contribution in [-0.2, 0) is 4.79 Å². The lowest BCUT2D eigenvalue weighted by Crippen LogP contribution is -2.41. The Morgan fingerprint density at radius 3 is 2.56 bits per heavy atom. The summed E-state index contributed by atoms with van der Waals surface area (Å²) in [6, 6.07) is 3.48. The second kappa shape index (κ2) is 6.36. The van der Waals surface area contributed by atoms with Crippen LogP contribution in [0.25, 0.3) is 0 Å². The van der Waals surface area contributed by atoms with Gasteiger partial charge < -0.3 is 21.3 Å². The average molecular weight is 317 g/mol. The number of carbonyl (C=O) groups excluding carboxylic acids is 1. The molecule has 6 nitrogen and oxygen atoms in total. The molecular formula is C11H13BrN2O4. The number of aliphatic hydroxyl groups excluding tert-OH is 1. The van der Waals surface area contributed by atoms with Crippen molar-refractivity contribution in [1.29, 1.82) is 0 Å². The van der Waals surface area contributed by atoms with E-state index in [4.69, 9.17) is 15.9 Å². The third-order valence-corrected chi connectivity index (χ3v) is 2.66. The van der Waals surface area contributed by atoms with E-state index < -0.39 is 17.9 Å². The largest absolute Gasteiger partial charge is 0.480 e. The van der Waals surface area contributed by atoms with E-state index in [0.29, 0.717) is 10.2 Å². The number of carboxylic acid groups (broad SMARTS) is 1. The Kier molecular flexibility index (Phi) is 5.11. The van der Waals surface area contributed by atoms with Gasteiger partial charge in [-0.3, -0.25) is 4.79 Å². The molecule has 98 valence electrons. The number of aliphatic carboxylic acids is 1. The molecule has 1 amide bonds. The van der Waals surface area contributed by atoms with Crippen LogP contribution in [0.5, 0.6) is 0 Å². The van der Waals surface area contributed by atoms with Crippen LogP contribution in [-0.4, -0.2) is 34.7 Å². The zero-order valence-electron chi connectivity index (χ0n) is 9.39. The van der Waals surface area contributed by atoms with Gasteiger partial charge in [0.1, 0.15) is 6.04 Å². The molecule has 0 aliphatic rings. The van der Waals surface area contributed by atoms with Crippen molar-refractivity contribution in [3.05, 3.63) is 28.2 Å². The van der Waals surface area contributed by atoms with E-state index in [0.717, 1.165) is 0 Å². The van der Waals surface area contributed by atoms with Crippen molar-refractivity contribution in [3.8, 4) is 0 Å². The van der Waals surface area contributed by atoms with Gasteiger partial charge in [-0.2, -0.15) is 0 Å². The molecule has 1 atom stereocenters. The monoisotopic (exact) mass is 316 g/mol. The first kappa shape index (κ1) is 14.5. The average Bonchev–Trinajstić information content (AvgIpc) is 2.26. The first-order valence-corrected chi connectivity index (χ1v) is 5.94. The van der Waals surface area contributed by atoms with Crippen LogP contribution in [0.15, 0.2) is 22.7 Å². The number of nitrogen functional groups attached to an aromatic ring is 1. The fourth-order valence-electron chi connectivity index (χ4n) is 1.37. The van der Waals surface area contributed by atoms with Gasteiger partial charge in [-0.05, 0) is 18.2 Å². The van der Waals surface area contributed by atoms with Gasteiger partial charge in [-0.15, -0.1) is 0 Å². The third kappa shape index (κ3) is 4.01. The first-order chi connectivity index (χ1) is 8.43. The Hall–Kier alpha value is -1.60. The SMILES string of the molecule is Nc1cc(Br)cc(C(=O)N[C@@H](CCO)C(=O)O)c1. The van der Waals surface area contributed by atoms with E-state index in [-0.39, 0.29) is 18.6 Å². The highest BCUT2D eigenvalue weighted by Gasteiger charge is 2.20. The molecule has 0 heterocycles. The second-order valence-corrected chi connectivity index (χ2v) is 4.57. The molecule has 0 aliphatic heterocycles. The summed E-state index contributed by atoms with van der Waals surface area (Å²) >= 11 is 3.19. The van der Waals surface area contributed by atoms with E-state index >= 15 is 0 Å². The van der Waals surface area contributed by atoms with Crippen LogP contribution in [0.1, 0.15) is 16.8 Å². The van der Waals surface area contributed by atoms with E-state index in [1.165, 1.54) is 12.1 Å².